The van der Waals surface area contributed by atoms with Gasteiger partial charge in [0.2, 0.25) is 0 Å². The summed E-state index contributed by atoms with van der Waals surface area (Å²) < 4.78 is 37.9. The summed E-state index contributed by atoms with van der Waals surface area (Å²) in [5.74, 6) is -1.82. The number of amides is 1. The maximum Gasteiger partial charge on any atom is 0.490 e. The van der Waals surface area contributed by atoms with Crippen LogP contribution in [0.4, 0.5) is 13.2 Å². The van der Waals surface area contributed by atoms with Gasteiger partial charge in [-0.1, -0.05) is 6.07 Å². The number of ether oxygens (including phenoxy) is 1. The first-order chi connectivity index (χ1) is 14.7. The molecule has 2 aliphatic heterocycles. The smallest absolute Gasteiger partial charge is 0.475 e. The fraction of sp³-hybridized carbons (Fsp3) is 0.421. The highest BCUT2D eigenvalue weighted by molar-refractivity contribution is 8.01. The van der Waals surface area contributed by atoms with Gasteiger partial charge in [0.1, 0.15) is 5.69 Å². The molecule has 1 N–H and O–H groups in total. The lowest BCUT2D eigenvalue weighted by molar-refractivity contribution is -0.192. The Balaban J connectivity index is 0.000000339. The van der Waals surface area contributed by atoms with Crippen LogP contribution < -0.4 is 0 Å². The molecule has 0 aromatic carbocycles. The van der Waals surface area contributed by atoms with Gasteiger partial charge in [0.25, 0.3) is 5.91 Å². The molecule has 0 saturated carbocycles. The van der Waals surface area contributed by atoms with Crippen molar-refractivity contribution in [2.24, 2.45) is 0 Å². The average molecular weight is 456 g/mol. The number of halogens is 3. The van der Waals surface area contributed by atoms with E-state index in [1.807, 2.05) is 34.9 Å². The van der Waals surface area contributed by atoms with Gasteiger partial charge in [0, 0.05) is 37.4 Å². The Morgan fingerprint density at radius 2 is 1.97 bits per heavy atom. The number of pyridine rings is 1. The molecule has 4 rings (SSSR count). The molecule has 166 valence electrons. The molecule has 4 heterocycles. The number of aliphatic carboxylic acids is 1. The summed E-state index contributed by atoms with van der Waals surface area (Å²) in [6.07, 6.45) is 2.55. The molecule has 31 heavy (non-hydrogen) atoms. The van der Waals surface area contributed by atoms with E-state index in [9.17, 15) is 18.0 Å². The maximum atomic E-state index is 12.3. The molecule has 8 nitrogen and oxygen atoms in total. The number of alkyl halides is 3. The molecule has 12 heteroatoms. The molecule has 1 atom stereocenters. The number of carboxylic acid groups (broad SMARTS) is 1. The Morgan fingerprint density at radius 1 is 1.23 bits per heavy atom. The van der Waals surface area contributed by atoms with Crippen LogP contribution in [-0.2, 0) is 16.1 Å². The third-order valence-corrected chi connectivity index (χ3v) is 6.21. The molecule has 1 amide bonds. The van der Waals surface area contributed by atoms with Gasteiger partial charge in [-0.2, -0.15) is 13.2 Å². The van der Waals surface area contributed by atoms with Crippen LogP contribution in [0.3, 0.4) is 0 Å². The van der Waals surface area contributed by atoms with Crippen LogP contribution in [0, 0.1) is 0 Å². The second-order valence-corrected chi connectivity index (χ2v) is 8.50. The highest BCUT2D eigenvalue weighted by Crippen LogP contribution is 2.46. The van der Waals surface area contributed by atoms with Crippen LogP contribution in [0.5, 0.6) is 0 Å². The van der Waals surface area contributed by atoms with Crippen LogP contribution >= 0.6 is 11.8 Å². The third kappa shape index (κ3) is 6.14. The predicted molar refractivity (Wildman–Crippen MR) is 104 cm³/mol. The largest absolute Gasteiger partial charge is 0.490 e. The fourth-order valence-electron chi connectivity index (χ4n) is 3.18. The molecule has 2 aromatic rings. The highest BCUT2D eigenvalue weighted by atomic mass is 32.2. The Kier molecular flexibility index (Phi) is 7.11. The van der Waals surface area contributed by atoms with Crippen molar-refractivity contribution in [3.05, 3.63) is 54.4 Å². The number of carboxylic acids is 1. The minimum Gasteiger partial charge on any atom is -0.475 e. The van der Waals surface area contributed by atoms with Crippen molar-refractivity contribution in [3.63, 3.8) is 0 Å². The van der Waals surface area contributed by atoms with Crippen molar-refractivity contribution in [2.75, 3.05) is 18.8 Å². The molecular weight excluding hydrogens is 437 g/mol. The quantitative estimate of drug-likeness (QED) is 0.748. The molecule has 1 spiro atoms. The van der Waals surface area contributed by atoms with Gasteiger partial charge in [-0.05, 0) is 18.6 Å². The van der Waals surface area contributed by atoms with Crippen molar-refractivity contribution in [3.8, 4) is 0 Å². The Hall–Kier alpha value is -2.73. The SMILES string of the molecule is O=C(O)C(F)(F)F.O=C(c1cnccn1)N1CC2(CC(OCc3ccccn3)CS2)C1. The summed E-state index contributed by atoms with van der Waals surface area (Å²) in [7, 11) is 0. The average Bonchev–Trinajstić information content (AvgIpc) is 3.17. The minimum atomic E-state index is -5.08. The Morgan fingerprint density at radius 3 is 2.55 bits per heavy atom. The predicted octanol–water partition coefficient (Wildman–Crippen LogP) is 2.42. The number of thioether (sulfide) groups is 1. The number of rotatable bonds is 4. The van der Waals surface area contributed by atoms with E-state index < -0.39 is 12.1 Å². The number of hydrogen-bond donors (Lipinski definition) is 1. The van der Waals surface area contributed by atoms with Crippen molar-refractivity contribution >= 4 is 23.6 Å². The van der Waals surface area contributed by atoms with Crippen molar-refractivity contribution in [1.82, 2.24) is 19.9 Å². The standard InChI is InChI=1S/C17H18N4O2S.C2HF3O2/c22-16(15-8-18-5-6-20-15)21-11-17(12-21)7-14(10-24-17)23-9-13-3-1-2-4-19-13;3-2(4,5)1(6)7/h1-6,8,14H,7,9-12H2;(H,6,7). The third-order valence-electron chi connectivity index (χ3n) is 4.64. The van der Waals surface area contributed by atoms with Crippen LogP contribution in [0.2, 0.25) is 0 Å². The topological polar surface area (TPSA) is 106 Å². The summed E-state index contributed by atoms with van der Waals surface area (Å²) in [4.78, 5) is 35.4. The van der Waals surface area contributed by atoms with Crippen LogP contribution in [-0.4, -0.2) is 72.7 Å². The van der Waals surface area contributed by atoms with Gasteiger partial charge in [0.05, 0.1) is 29.3 Å². The highest BCUT2D eigenvalue weighted by Gasteiger charge is 2.51. The normalized spacial score (nSPS) is 19.3. The van der Waals surface area contributed by atoms with Crippen LogP contribution in [0.1, 0.15) is 22.6 Å². The van der Waals surface area contributed by atoms with E-state index in [0.29, 0.717) is 12.3 Å². The van der Waals surface area contributed by atoms with Crippen molar-refractivity contribution in [2.45, 2.75) is 30.1 Å². The van der Waals surface area contributed by atoms with Crippen molar-refractivity contribution < 1.29 is 32.6 Å². The van der Waals surface area contributed by atoms with E-state index in [4.69, 9.17) is 14.6 Å². The second kappa shape index (κ2) is 9.60. The minimum absolute atomic E-state index is 0.0350. The number of likely N-dealkylation sites (tertiary alicyclic amines) is 1. The number of aromatic nitrogens is 3. The molecule has 2 aromatic heterocycles. The number of hydrogen-bond acceptors (Lipinski definition) is 7. The molecule has 2 saturated heterocycles. The lowest BCUT2D eigenvalue weighted by atomic mass is 9.92. The Bertz CT molecular complexity index is 896. The molecule has 0 radical (unpaired) electrons. The van der Waals surface area contributed by atoms with Crippen LogP contribution in [0.15, 0.2) is 43.0 Å². The van der Waals surface area contributed by atoms with E-state index in [2.05, 4.69) is 15.0 Å². The monoisotopic (exact) mass is 456 g/mol. The number of carbonyl (C=O) groups excluding carboxylic acids is 1. The zero-order valence-corrected chi connectivity index (χ0v) is 17.0. The number of carbonyl (C=O) groups is 2. The molecule has 2 fully saturated rings. The Labute approximate surface area is 179 Å². The van der Waals surface area contributed by atoms with Gasteiger partial charge < -0.3 is 14.7 Å². The van der Waals surface area contributed by atoms with E-state index >= 15 is 0 Å². The first kappa shape index (κ1) is 22.9. The van der Waals surface area contributed by atoms with Gasteiger partial charge in [0.15, 0.2) is 0 Å². The molecule has 1 unspecified atom stereocenters. The van der Waals surface area contributed by atoms with Gasteiger partial charge in [-0.25, -0.2) is 9.78 Å². The fourth-order valence-corrected chi connectivity index (χ4v) is 4.73. The summed E-state index contributed by atoms with van der Waals surface area (Å²) in [6, 6.07) is 5.85. The lowest BCUT2D eigenvalue weighted by Gasteiger charge is -2.47. The van der Waals surface area contributed by atoms with E-state index in [1.165, 1.54) is 6.20 Å². The zero-order chi connectivity index (χ0) is 22.5. The molecule has 0 bridgehead atoms. The molecule has 0 aliphatic carbocycles. The summed E-state index contributed by atoms with van der Waals surface area (Å²) in [5, 5.41) is 7.12. The first-order valence-corrected chi connectivity index (χ1v) is 10.2. The zero-order valence-electron chi connectivity index (χ0n) is 16.2. The van der Waals surface area contributed by atoms with E-state index in [-0.39, 0.29) is 16.8 Å². The van der Waals surface area contributed by atoms with Gasteiger partial charge in [-0.3, -0.25) is 14.8 Å². The molecule has 2 aliphatic rings. The summed E-state index contributed by atoms with van der Waals surface area (Å²) in [6.45, 7) is 2.07. The molecular formula is C19H19F3N4O4S. The summed E-state index contributed by atoms with van der Waals surface area (Å²) >= 11 is 1.92. The summed E-state index contributed by atoms with van der Waals surface area (Å²) in [5.41, 5.74) is 1.37. The van der Waals surface area contributed by atoms with Crippen molar-refractivity contribution in [1.29, 1.82) is 0 Å². The van der Waals surface area contributed by atoms with E-state index in [1.54, 1.807) is 18.6 Å². The van der Waals surface area contributed by atoms with Gasteiger partial charge in [-0.15, -0.1) is 11.8 Å². The van der Waals surface area contributed by atoms with E-state index in [0.717, 1.165) is 31.0 Å². The second-order valence-electron chi connectivity index (χ2n) is 7.01. The maximum absolute atomic E-state index is 12.3. The van der Waals surface area contributed by atoms with Crippen LogP contribution in [0.25, 0.3) is 0 Å². The van der Waals surface area contributed by atoms with Gasteiger partial charge >= 0.3 is 12.1 Å². The number of nitrogens with zero attached hydrogens (tertiary/aromatic N) is 4. The lowest BCUT2D eigenvalue weighted by Crippen LogP contribution is -2.60. The first-order valence-electron chi connectivity index (χ1n) is 9.19.